The molecular formula is C23H21N3O2S. The van der Waals surface area contributed by atoms with Crippen molar-refractivity contribution in [1.29, 1.82) is 0 Å². The molecule has 0 unspecified atom stereocenters. The first-order chi connectivity index (χ1) is 14.3. The molecule has 5 nitrogen and oxygen atoms in total. The van der Waals surface area contributed by atoms with E-state index < -0.39 is 0 Å². The van der Waals surface area contributed by atoms with Crippen molar-refractivity contribution < 1.29 is 9.32 Å². The average Bonchev–Trinajstić information content (AvgIpc) is 3.37. The van der Waals surface area contributed by atoms with Gasteiger partial charge in [0.05, 0.1) is 16.1 Å². The van der Waals surface area contributed by atoms with Crippen LogP contribution >= 0.6 is 11.3 Å². The molecule has 1 aliphatic carbocycles. The Balaban J connectivity index is 1.29. The summed E-state index contributed by atoms with van der Waals surface area (Å²) < 4.78 is 5.53. The van der Waals surface area contributed by atoms with Crippen LogP contribution in [0.5, 0.6) is 0 Å². The van der Waals surface area contributed by atoms with Crippen LogP contribution in [0.15, 0.2) is 53.1 Å². The van der Waals surface area contributed by atoms with Gasteiger partial charge in [0, 0.05) is 29.0 Å². The molecule has 0 fully saturated rings. The van der Waals surface area contributed by atoms with Crippen LogP contribution in [0.1, 0.15) is 38.8 Å². The van der Waals surface area contributed by atoms with E-state index in [2.05, 4.69) is 10.5 Å². The summed E-state index contributed by atoms with van der Waals surface area (Å²) in [5, 5.41) is 9.10. The summed E-state index contributed by atoms with van der Waals surface area (Å²) in [4.78, 5) is 18.8. The van der Waals surface area contributed by atoms with Gasteiger partial charge < -0.3 is 9.84 Å². The molecule has 29 heavy (non-hydrogen) atoms. The highest BCUT2D eigenvalue weighted by Gasteiger charge is 2.16. The smallest absolute Gasteiger partial charge is 0.251 e. The molecule has 0 radical (unpaired) electrons. The lowest BCUT2D eigenvalue weighted by atomic mass is 10.0. The standard InChI is InChI=1S/C23H21N3O2S/c27-23(24-13-12-21-25-19-8-4-5-9-20(19)29-21)16-10-11-18-17(14-16)22(28-26-18)15-6-2-1-3-7-15/h1-3,6-7,10-11,14H,4-5,8-9,12-13H2,(H,24,27). The minimum absolute atomic E-state index is 0.0894. The number of carbonyl (C=O) groups is 1. The quantitative estimate of drug-likeness (QED) is 0.520. The largest absolute Gasteiger partial charge is 0.355 e. The number of amides is 1. The van der Waals surface area contributed by atoms with Crippen LogP contribution in [-0.4, -0.2) is 22.6 Å². The average molecular weight is 404 g/mol. The van der Waals surface area contributed by atoms with Gasteiger partial charge in [0.15, 0.2) is 5.76 Å². The van der Waals surface area contributed by atoms with Crippen molar-refractivity contribution in [3.63, 3.8) is 0 Å². The van der Waals surface area contributed by atoms with Gasteiger partial charge in [-0.3, -0.25) is 4.79 Å². The van der Waals surface area contributed by atoms with Gasteiger partial charge in [0.1, 0.15) is 5.52 Å². The maximum absolute atomic E-state index is 12.7. The first-order valence-corrected chi connectivity index (χ1v) is 10.8. The van der Waals surface area contributed by atoms with Crippen LogP contribution in [0, 0.1) is 0 Å². The van der Waals surface area contributed by atoms with Gasteiger partial charge in [-0.2, -0.15) is 0 Å². The van der Waals surface area contributed by atoms with Crippen molar-refractivity contribution in [2.24, 2.45) is 0 Å². The fourth-order valence-electron chi connectivity index (χ4n) is 3.78. The third kappa shape index (κ3) is 3.68. The molecule has 0 aliphatic heterocycles. The Hall–Kier alpha value is -2.99. The van der Waals surface area contributed by atoms with E-state index in [-0.39, 0.29) is 5.91 Å². The third-order valence-corrected chi connectivity index (χ3v) is 6.51. The lowest BCUT2D eigenvalue weighted by Crippen LogP contribution is -2.25. The summed E-state index contributed by atoms with van der Waals surface area (Å²) >= 11 is 1.80. The number of hydrogen-bond acceptors (Lipinski definition) is 5. The van der Waals surface area contributed by atoms with Gasteiger partial charge in [0.25, 0.3) is 5.91 Å². The molecule has 2 heterocycles. The monoisotopic (exact) mass is 403 g/mol. The highest BCUT2D eigenvalue weighted by molar-refractivity contribution is 7.11. The van der Waals surface area contributed by atoms with E-state index in [4.69, 9.17) is 9.51 Å². The molecule has 6 heteroatoms. The van der Waals surface area contributed by atoms with Crippen LogP contribution in [0.2, 0.25) is 0 Å². The lowest BCUT2D eigenvalue weighted by Gasteiger charge is -2.06. The van der Waals surface area contributed by atoms with Crippen molar-refractivity contribution in [2.75, 3.05) is 6.54 Å². The molecule has 1 aliphatic rings. The van der Waals surface area contributed by atoms with Crippen LogP contribution in [0.3, 0.4) is 0 Å². The number of thiazole rings is 1. The summed E-state index contributed by atoms with van der Waals surface area (Å²) in [6, 6.07) is 15.3. The maximum Gasteiger partial charge on any atom is 0.251 e. The lowest BCUT2D eigenvalue weighted by molar-refractivity contribution is 0.0954. The number of benzene rings is 2. The third-order valence-electron chi connectivity index (χ3n) is 5.29. The van der Waals surface area contributed by atoms with E-state index in [0.717, 1.165) is 40.7 Å². The highest BCUT2D eigenvalue weighted by Crippen LogP contribution is 2.29. The Morgan fingerprint density at radius 2 is 1.97 bits per heavy atom. The van der Waals surface area contributed by atoms with E-state index in [1.165, 1.54) is 23.4 Å². The Labute approximate surface area is 172 Å². The number of rotatable bonds is 5. The van der Waals surface area contributed by atoms with Gasteiger partial charge in [-0.25, -0.2) is 4.98 Å². The SMILES string of the molecule is O=C(NCCc1nc2c(s1)CCCC2)c1ccc2noc(-c3ccccc3)c2c1. The molecule has 1 N–H and O–H groups in total. The number of aryl methyl sites for hydroxylation is 2. The molecule has 2 aromatic carbocycles. The molecule has 0 spiro atoms. The number of aromatic nitrogens is 2. The Kier molecular flexibility index (Phi) is 4.86. The van der Waals surface area contributed by atoms with Crippen LogP contribution in [-0.2, 0) is 19.3 Å². The summed E-state index contributed by atoms with van der Waals surface area (Å²) in [5.41, 5.74) is 3.57. The molecule has 0 saturated heterocycles. The maximum atomic E-state index is 12.7. The molecule has 1 amide bonds. The Morgan fingerprint density at radius 1 is 1.10 bits per heavy atom. The fraction of sp³-hybridized carbons (Fsp3) is 0.261. The first kappa shape index (κ1) is 18.1. The summed E-state index contributed by atoms with van der Waals surface area (Å²) in [6.45, 7) is 0.582. The zero-order chi connectivity index (χ0) is 19.6. The second-order valence-electron chi connectivity index (χ2n) is 7.30. The predicted molar refractivity (Wildman–Crippen MR) is 114 cm³/mol. The number of hydrogen-bond donors (Lipinski definition) is 1. The summed E-state index contributed by atoms with van der Waals surface area (Å²) in [5.74, 6) is 0.594. The number of fused-ring (bicyclic) bond motifs is 2. The Morgan fingerprint density at radius 3 is 2.83 bits per heavy atom. The van der Waals surface area contributed by atoms with Crippen molar-refractivity contribution in [1.82, 2.24) is 15.5 Å². The minimum Gasteiger partial charge on any atom is -0.355 e. The Bertz CT molecular complexity index is 1140. The molecule has 0 bridgehead atoms. The van der Waals surface area contributed by atoms with Crippen LogP contribution in [0.4, 0.5) is 0 Å². The van der Waals surface area contributed by atoms with Crippen LogP contribution < -0.4 is 5.32 Å². The van der Waals surface area contributed by atoms with Gasteiger partial charge in [-0.1, -0.05) is 35.5 Å². The van der Waals surface area contributed by atoms with Crippen molar-refractivity contribution in [3.05, 3.63) is 69.7 Å². The predicted octanol–water partition coefficient (Wildman–Crippen LogP) is 4.80. The first-order valence-electron chi connectivity index (χ1n) is 9.98. The minimum atomic E-state index is -0.0894. The van der Waals surface area contributed by atoms with Gasteiger partial charge in [-0.15, -0.1) is 11.3 Å². The van der Waals surface area contributed by atoms with Crippen molar-refractivity contribution in [2.45, 2.75) is 32.1 Å². The van der Waals surface area contributed by atoms with E-state index in [1.54, 1.807) is 17.4 Å². The van der Waals surface area contributed by atoms with Gasteiger partial charge in [-0.05, 0) is 43.9 Å². The van der Waals surface area contributed by atoms with E-state index in [0.29, 0.717) is 17.9 Å². The molecular weight excluding hydrogens is 382 g/mol. The summed E-state index contributed by atoms with van der Waals surface area (Å²) in [7, 11) is 0. The highest BCUT2D eigenvalue weighted by atomic mass is 32.1. The second-order valence-corrected chi connectivity index (χ2v) is 8.47. The fourth-order valence-corrected chi connectivity index (χ4v) is 4.93. The number of carbonyl (C=O) groups excluding carboxylic acids is 1. The molecule has 4 aromatic rings. The number of nitrogens with zero attached hydrogens (tertiary/aromatic N) is 2. The van der Waals surface area contributed by atoms with Crippen molar-refractivity contribution in [3.8, 4) is 11.3 Å². The van der Waals surface area contributed by atoms with E-state index >= 15 is 0 Å². The normalized spacial score (nSPS) is 13.4. The molecule has 0 saturated carbocycles. The summed E-state index contributed by atoms with van der Waals surface area (Å²) in [6.07, 6.45) is 5.53. The molecule has 2 aromatic heterocycles. The van der Waals surface area contributed by atoms with E-state index in [1.807, 2.05) is 42.5 Å². The molecule has 0 atom stereocenters. The van der Waals surface area contributed by atoms with Gasteiger partial charge in [0.2, 0.25) is 0 Å². The van der Waals surface area contributed by atoms with Crippen molar-refractivity contribution >= 4 is 28.1 Å². The zero-order valence-electron chi connectivity index (χ0n) is 16.0. The topological polar surface area (TPSA) is 68.0 Å². The van der Waals surface area contributed by atoms with Crippen LogP contribution in [0.25, 0.3) is 22.2 Å². The zero-order valence-corrected chi connectivity index (χ0v) is 16.8. The second kappa shape index (κ2) is 7.79. The molecule has 5 rings (SSSR count). The van der Waals surface area contributed by atoms with Gasteiger partial charge >= 0.3 is 0 Å². The molecule has 146 valence electrons. The number of nitrogens with one attached hydrogen (secondary N) is 1. The van der Waals surface area contributed by atoms with E-state index in [9.17, 15) is 4.79 Å².